The van der Waals surface area contributed by atoms with Crippen LogP contribution in [0.2, 0.25) is 0 Å². The van der Waals surface area contributed by atoms with Gasteiger partial charge in [-0.2, -0.15) is 5.10 Å². The number of carbonyl (C=O) groups is 3. The van der Waals surface area contributed by atoms with Gasteiger partial charge in [0.25, 0.3) is 6.47 Å². The molecule has 1 aliphatic rings. The Hall–Kier alpha value is -3.35. The average Bonchev–Trinajstić information content (AvgIpc) is 3.40. The molecule has 3 rings (SSSR count). The summed E-state index contributed by atoms with van der Waals surface area (Å²) < 4.78 is 3.16. The quantitative estimate of drug-likeness (QED) is 0.376. The van der Waals surface area contributed by atoms with E-state index in [9.17, 15) is 14.7 Å². The van der Waals surface area contributed by atoms with E-state index >= 15 is 0 Å². The molecule has 0 aromatic carbocycles. The number of nitrogens with one attached hydrogen (secondary N) is 2. The second-order valence-electron chi connectivity index (χ2n) is 7.19. The number of tetrazole rings is 1. The highest BCUT2D eigenvalue weighted by atomic mass is 16.3. The number of carbonyl (C=O) groups excluding carboxylic acids is 2. The van der Waals surface area contributed by atoms with Crippen molar-refractivity contribution in [2.45, 2.75) is 64.4 Å². The van der Waals surface area contributed by atoms with E-state index in [1.54, 1.807) is 6.20 Å². The lowest BCUT2D eigenvalue weighted by molar-refractivity contribution is -0.128. The van der Waals surface area contributed by atoms with Gasteiger partial charge in [0, 0.05) is 30.8 Å². The zero-order chi connectivity index (χ0) is 22.6. The van der Waals surface area contributed by atoms with Crippen molar-refractivity contribution in [3.05, 3.63) is 24.3 Å². The molecule has 2 aromatic heterocycles. The van der Waals surface area contributed by atoms with Crippen molar-refractivity contribution in [2.75, 3.05) is 0 Å². The fourth-order valence-corrected chi connectivity index (χ4v) is 3.39. The Morgan fingerprint density at radius 2 is 2.10 bits per heavy atom. The van der Waals surface area contributed by atoms with Crippen LogP contribution in [-0.2, 0) is 34.0 Å². The molecule has 1 aliphatic carbocycles. The van der Waals surface area contributed by atoms with Crippen LogP contribution in [0.3, 0.4) is 0 Å². The van der Waals surface area contributed by atoms with Crippen molar-refractivity contribution < 1.29 is 24.6 Å². The molecule has 170 valence electrons. The highest BCUT2D eigenvalue weighted by Crippen LogP contribution is 2.25. The van der Waals surface area contributed by atoms with Gasteiger partial charge in [0.15, 0.2) is 0 Å². The lowest BCUT2D eigenvalue weighted by Crippen LogP contribution is -2.49. The van der Waals surface area contributed by atoms with Gasteiger partial charge in [-0.3, -0.25) is 19.1 Å². The first-order valence-corrected chi connectivity index (χ1v) is 10.0. The number of amides is 2. The zero-order valence-electron chi connectivity index (χ0n) is 17.3. The third-order valence-electron chi connectivity index (χ3n) is 4.84. The molecule has 1 saturated carbocycles. The molecule has 3 atom stereocenters. The average molecular weight is 436 g/mol. The fraction of sp³-hybridized carbons (Fsp3) is 0.611. The molecule has 0 bridgehead atoms. The Balaban J connectivity index is 0.00000107. The first-order valence-electron chi connectivity index (χ1n) is 10.0. The van der Waals surface area contributed by atoms with E-state index in [1.807, 2.05) is 10.9 Å². The topological polar surface area (TPSA) is 177 Å². The van der Waals surface area contributed by atoms with Gasteiger partial charge in [-0.05, 0) is 36.1 Å². The van der Waals surface area contributed by atoms with Crippen LogP contribution in [0.15, 0.2) is 18.7 Å². The summed E-state index contributed by atoms with van der Waals surface area (Å²) in [5.41, 5.74) is 0.950. The van der Waals surface area contributed by atoms with E-state index in [0.717, 1.165) is 18.5 Å². The van der Waals surface area contributed by atoms with Crippen molar-refractivity contribution in [3.8, 4) is 0 Å². The summed E-state index contributed by atoms with van der Waals surface area (Å²) in [4.78, 5) is 32.8. The van der Waals surface area contributed by atoms with E-state index in [1.165, 1.54) is 11.0 Å². The number of hydrogen-bond donors (Lipinski definition) is 4. The Kier molecular flexibility index (Phi) is 9.55. The van der Waals surface area contributed by atoms with Crippen LogP contribution in [0, 0.1) is 5.92 Å². The number of aliphatic hydroxyl groups is 1. The SMILES string of the molecule is CCCn1cc(CNC(=O)[C@H]2CC[C@H](NC(=O)Cn3cnnn3)[C@@H](O)C2)cn1.O=CO. The Morgan fingerprint density at radius 1 is 1.32 bits per heavy atom. The van der Waals surface area contributed by atoms with E-state index < -0.39 is 6.10 Å². The lowest BCUT2D eigenvalue weighted by Gasteiger charge is -2.32. The molecule has 2 heterocycles. The number of aryl methyl sites for hydroxylation is 1. The summed E-state index contributed by atoms with van der Waals surface area (Å²) in [7, 11) is 0. The first-order chi connectivity index (χ1) is 15.0. The van der Waals surface area contributed by atoms with E-state index in [4.69, 9.17) is 9.90 Å². The van der Waals surface area contributed by atoms with Crippen LogP contribution < -0.4 is 10.6 Å². The number of nitrogens with zero attached hydrogens (tertiary/aromatic N) is 6. The van der Waals surface area contributed by atoms with Crippen molar-refractivity contribution in [1.82, 2.24) is 40.6 Å². The maximum absolute atomic E-state index is 12.4. The smallest absolute Gasteiger partial charge is 0.290 e. The van der Waals surface area contributed by atoms with E-state index in [0.29, 0.717) is 25.8 Å². The highest BCUT2D eigenvalue weighted by Gasteiger charge is 2.33. The predicted octanol–water partition coefficient (Wildman–Crippen LogP) is -1.06. The van der Waals surface area contributed by atoms with Crippen LogP contribution in [0.25, 0.3) is 0 Å². The molecule has 13 nitrogen and oxygen atoms in total. The predicted molar refractivity (Wildman–Crippen MR) is 106 cm³/mol. The molecule has 1 fully saturated rings. The minimum Gasteiger partial charge on any atom is -0.483 e. The molecule has 13 heteroatoms. The van der Waals surface area contributed by atoms with Gasteiger partial charge in [0.1, 0.15) is 12.9 Å². The minimum atomic E-state index is -0.769. The summed E-state index contributed by atoms with van der Waals surface area (Å²) in [6.45, 7) is 3.09. The minimum absolute atomic E-state index is 0.00809. The molecule has 0 spiro atoms. The van der Waals surface area contributed by atoms with Crippen LogP contribution in [0.4, 0.5) is 0 Å². The number of aliphatic hydroxyl groups excluding tert-OH is 1. The van der Waals surface area contributed by atoms with Gasteiger partial charge < -0.3 is 20.8 Å². The highest BCUT2D eigenvalue weighted by molar-refractivity contribution is 5.79. The summed E-state index contributed by atoms with van der Waals surface area (Å²) in [6, 6.07) is -0.375. The molecule has 2 amide bonds. The van der Waals surface area contributed by atoms with Crippen LogP contribution in [0.5, 0.6) is 0 Å². The molecule has 31 heavy (non-hydrogen) atoms. The van der Waals surface area contributed by atoms with Gasteiger partial charge in [-0.15, -0.1) is 5.10 Å². The number of aromatic nitrogens is 6. The van der Waals surface area contributed by atoms with Gasteiger partial charge in [0.05, 0.1) is 18.3 Å². The molecular formula is C18H28N8O5. The molecule has 0 aliphatic heterocycles. The summed E-state index contributed by atoms with van der Waals surface area (Å²) in [5, 5.41) is 37.8. The lowest BCUT2D eigenvalue weighted by atomic mass is 9.83. The van der Waals surface area contributed by atoms with E-state index in [-0.39, 0.29) is 36.8 Å². The molecule has 2 aromatic rings. The van der Waals surface area contributed by atoms with Gasteiger partial charge in [-0.25, -0.2) is 4.68 Å². The maximum atomic E-state index is 12.4. The second kappa shape index (κ2) is 12.4. The zero-order valence-corrected chi connectivity index (χ0v) is 17.3. The molecule has 0 saturated heterocycles. The van der Waals surface area contributed by atoms with Crippen molar-refractivity contribution in [3.63, 3.8) is 0 Å². The molecule has 0 radical (unpaired) electrons. The van der Waals surface area contributed by atoms with Gasteiger partial charge >= 0.3 is 0 Å². The number of carboxylic acid groups (broad SMARTS) is 1. The van der Waals surface area contributed by atoms with Crippen molar-refractivity contribution in [2.24, 2.45) is 5.92 Å². The van der Waals surface area contributed by atoms with Gasteiger partial charge in [0.2, 0.25) is 11.8 Å². The van der Waals surface area contributed by atoms with Crippen LogP contribution in [-0.4, -0.2) is 70.6 Å². The van der Waals surface area contributed by atoms with E-state index in [2.05, 4.69) is 38.2 Å². The number of hydrogen-bond acceptors (Lipinski definition) is 8. The van der Waals surface area contributed by atoms with Crippen molar-refractivity contribution >= 4 is 18.3 Å². The molecule has 4 N–H and O–H groups in total. The maximum Gasteiger partial charge on any atom is 0.290 e. The van der Waals surface area contributed by atoms with Crippen molar-refractivity contribution in [1.29, 1.82) is 0 Å². The number of rotatable bonds is 8. The third kappa shape index (κ3) is 7.77. The fourth-order valence-electron chi connectivity index (χ4n) is 3.39. The first kappa shape index (κ1) is 23.9. The van der Waals surface area contributed by atoms with Gasteiger partial charge in [-0.1, -0.05) is 6.92 Å². The Labute approximate surface area is 178 Å². The monoisotopic (exact) mass is 436 g/mol. The van der Waals surface area contributed by atoms with Crippen LogP contribution in [0.1, 0.15) is 38.2 Å². The third-order valence-corrected chi connectivity index (χ3v) is 4.84. The largest absolute Gasteiger partial charge is 0.483 e. The standard InChI is InChI=1S/C17H26N8O3.CH2O2/c1-2-5-24-9-12(8-20-24)7-18-17(28)13-3-4-14(15(26)6-13)21-16(27)10-25-11-19-22-23-25;2-1-3/h8-9,11,13-15,26H,2-7,10H2,1H3,(H,18,28)(H,21,27);1H,(H,2,3)/t13-,14-,15-;/m0./s1. The van der Waals surface area contributed by atoms with Crippen LogP contribution >= 0.6 is 0 Å². The summed E-state index contributed by atoms with van der Waals surface area (Å²) in [6.07, 6.45) is 6.72. The molecule has 0 unspecified atom stereocenters. The second-order valence-corrected chi connectivity index (χ2v) is 7.19. The Bertz CT molecular complexity index is 825. The normalized spacial score (nSPS) is 20.3. The molecular weight excluding hydrogens is 408 g/mol. The summed E-state index contributed by atoms with van der Waals surface area (Å²) >= 11 is 0. The summed E-state index contributed by atoms with van der Waals surface area (Å²) in [5.74, 6) is -0.627. The Morgan fingerprint density at radius 3 is 2.74 bits per heavy atom.